The number of esters is 1. The number of carbonyl (C=O) groups is 2. The van der Waals surface area contributed by atoms with Crippen molar-refractivity contribution in [2.45, 2.75) is 56.8 Å². The van der Waals surface area contributed by atoms with Crippen molar-refractivity contribution in [2.75, 3.05) is 12.4 Å². The van der Waals surface area contributed by atoms with E-state index in [1.165, 1.54) is 29.9 Å². The predicted molar refractivity (Wildman–Crippen MR) is 126 cm³/mol. The van der Waals surface area contributed by atoms with Crippen molar-refractivity contribution in [1.82, 2.24) is 19.3 Å². The zero-order chi connectivity index (χ0) is 24.3. The van der Waals surface area contributed by atoms with Crippen LogP contribution < -0.4 is 10.9 Å². The van der Waals surface area contributed by atoms with Crippen LogP contribution in [-0.2, 0) is 16.1 Å². The van der Waals surface area contributed by atoms with Crippen LogP contribution in [-0.4, -0.2) is 54.8 Å². The second kappa shape index (κ2) is 10.2. The molecule has 0 bridgehead atoms. The first-order valence-corrected chi connectivity index (χ1v) is 11.3. The van der Waals surface area contributed by atoms with Crippen LogP contribution in [0, 0.1) is 0 Å². The van der Waals surface area contributed by atoms with Gasteiger partial charge in [0.1, 0.15) is 5.82 Å². The van der Waals surface area contributed by atoms with Crippen LogP contribution in [0.25, 0.3) is 10.9 Å². The molecule has 176 valence electrons. The fraction of sp³-hybridized carbons (Fsp3) is 0.409. The lowest BCUT2D eigenvalue weighted by molar-refractivity contribution is -0.115. The minimum Gasteiger partial charge on any atom is -0.465 e. The van der Waals surface area contributed by atoms with E-state index in [-0.39, 0.29) is 34.8 Å². The molecule has 2 atom stereocenters. The summed E-state index contributed by atoms with van der Waals surface area (Å²) in [5.41, 5.74) is 0.192. The van der Waals surface area contributed by atoms with Crippen molar-refractivity contribution in [2.24, 2.45) is 0 Å². The van der Waals surface area contributed by atoms with Gasteiger partial charge in [-0.1, -0.05) is 11.8 Å². The zero-order valence-corrected chi connectivity index (χ0v) is 19.9. The lowest BCUT2D eigenvalue weighted by Crippen LogP contribution is -2.30. The molecule has 0 aliphatic rings. The molecule has 2 heterocycles. The van der Waals surface area contributed by atoms with Gasteiger partial charge < -0.3 is 15.2 Å². The molecular weight excluding hydrogens is 446 g/mol. The monoisotopic (exact) mass is 473 g/mol. The topological polar surface area (TPSA) is 128 Å². The number of nitrogens with one attached hydrogen (secondary N) is 1. The number of hydrogen-bond acceptors (Lipinski definition) is 8. The normalized spacial score (nSPS) is 13.2. The van der Waals surface area contributed by atoms with Crippen molar-refractivity contribution in [3.8, 4) is 0 Å². The Kier molecular flexibility index (Phi) is 7.54. The van der Waals surface area contributed by atoms with Gasteiger partial charge in [0.05, 0.1) is 47.7 Å². The van der Waals surface area contributed by atoms with Gasteiger partial charge >= 0.3 is 5.97 Å². The number of methoxy groups -OCH3 is 1. The first-order valence-electron chi connectivity index (χ1n) is 10.4. The Bertz CT molecular complexity index is 1230. The number of anilines is 1. The summed E-state index contributed by atoms with van der Waals surface area (Å²) in [7, 11) is 1.27. The first-order chi connectivity index (χ1) is 15.6. The molecule has 1 aromatic carbocycles. The second-order valence-corrected chi connectivity index (χ2v) is 9.19. The third kappa shape index (κ3) is 5.42. The number of carbonyl (C=O) groups excluding carboxylic acids is 2. The number of hydrogen-bond donors (Lipinski definition) is 2. The third-order valence-corrected chi connectivity index (χ3v) is 5.94. The summed E-state index contributed by atoms with van der Waals surface area (Å²) in [6, 6.07) is 6.25. The Morgan fingerprint density at radius 1 is 1.21 bits per heavy atom. The highest BCUT2D eigenvalue weighted by atomic mass is 32.2. The number of rotatable bonds is 8. The number of nitrogens with zero attached hydrogens (tertiary/aromatic N) is 4. The van der Waals surface area contributed by atoms with E-state index in [4.69, 9.17) is 4.74 Å². The minimum absolute atomic E-state index is 0.0112. The van der Waals surface area contributed by atoms with Crippen LogP contribution in [0.15, 0.2) is 40.4 Å². The van der Waals surface area contributed by atoms with Gasteiger partial charge in [0.2, 0.25) is 5.91 Å². The van der Waals surface area contributed by atoms with Crippen LogP contribution in [0.3, 0.4) is 0 Å². The summed E-state index contributed by atoms with van der Waals surface area (Å²) < 4.78 is 7.79. The highest BCUT2D eigenvalue weighted by Crippen LogP contribution is 2.25. The molecule has 11 heteroatoms. The maximum atomic E-state index is 13.1. The highest BCUT2D eigenvalue weighted by molar-refractivity contribution is 8.00. The van der Waals surface area contributed by atoms with Crippen molar-refractivity contribution >= 4 is 40.4 Å². The molecule has 0 spiro atoms. The van der Waals surface area contributed by atoms with E-state index in [1.807, 2.05) is 13.8 Å². The minimum atomic E-state index is -0.805. The number of thioether (sulfide) groups is 1. The SMILES string of the molecule is COC(=O)c1ccc2c(=O)n(C[C@@H](C)O)c(S[C@@H](C)C(=O)Nc3ccnn3C(C)C)nc2c1. The van der Waals surface area contributed by atoms with Crippen LogP contribution in [0.5, 0.6) is 0 Å². The van der Waals surface area contributed by atoms with Gasteiger partial charge in [-0.15, -0.1) is 0 Å². The summed E-state index contributed by atoms with van der Waals surface area (Å²) in [5, 5.41) is 16.9. The van der Waals surface area contributed by atoms with E-state index >= 15 is 0 Å². The van der Waals surface area contributed by atoms with E-state index in [9.17, 15) is 19.5 Å². The number of aromatic nitrogens is 4. The average Bonchev–Trinajstić information content (AvgIpc) is 3.23. The van der Waals surface area contributed by atoms with Crippen molar-refractivity contribution in [3.63, 3.8) is 0 Å². The zero-order valence-electron chi connectivity index (χ0n) is 19.1. The molecule has 0 saturated heterocycles. The first kappa shape index (κ1) is 24.5. The molecule has 3 aromatic rings. The molecule has 2 aromatic heterocycles. The fourth-order valence-corrected chi connectivity index (χ4v) is 4.14. The summed E-state index contributed by atoms with van der Waals surface area (Å²) in [6.45, 7) is 7.18. The Balaban J connectivity index is 1.96. The standard InChI is InChI=1S/C22H27N5O5S/c1-12(2)27-18(8-9-23-27)25-19(29)14(4)33-22-24-17-10-15(21(31)32-5)6-7-16(17)20(30)26(22)11-13(3)28/h6-10,12-14,28H,11H2,1-5H3,(H,25,29)/t13-,14+/m1/s1. The quantitative estimate of drug-likeness (QED) is 0.290. The highest BCUT2D eigenvalue weighted by Gasteiger charge is 2.22. The van der Waals surface area contributed by atoms with Gasteiger partial charge in [-0.3, -0.25) is 14.2 Å². The molecule has 0 aliphatic carbocycles. The molecule has 2 N–H and O–H groups in total. The van der Waals surface area contributed by atoms with E-state index in [0.717, 1.165) is 11.8 Å². The summed E-state index contributed by atoms with van der Waals surface area (Å²) in [4.78, 5) is 42.4. The fourth-order valence-electron chi connectivity index (χ4n) is 3.22. The second-order valence-electron chi connectivity index (χ2n) is 7.89. The van der Waals surface area contributed by atoms with Crippen molar-refractivity contribution < 1.29 is 19.4 Å². The van der Waals surface area contributed by atoms with Crippen LogP contribution >= 0.6 is 11.8 Å². The molecule has 0 unspecified atom stereocenters. The Hall–Kier alpha value is -3.18. The van der Waals surface area contributed by atoms with E-state index < -0.39 is 17.3 Å². The van der Waals surface area contributed by atoms with Gasteiger partial charge in [-0.05, 0) is 45.9 Å². The molecule has 0 aliphatic heterocycles. The lowest BCUT2D eigenvalue weighted by atomic mass is 10.1. The largest absolute Gasteiger partial charge is 0.465 e. The smallest absolute Gasteiger partial charge is 0.337 e. The molecule has 1 amide bonds. The van der Waals surface area contributed by atoms with Gasteiger partial charge in [-0.25, -0.2) is 14.5 Å². The molecule has 33 heavy (non-hydrogen) atoms. The molecule has 0 radical (unpaired) electrons. The Morgan fingerprint density at radius 2 is 1.94 bits per heavy atom. The molecule has 3 rings (SSSR count). The molecule has 0 saturated carbocycles. The maximum Gasteiger partial charge on any atom is 0.337 e. The van der Waals surface area contributed by atoms with Crippen molar-refractivity contribution in [3.05, 3.63) is 46.4 Å². The predicted octanol–water partition coefficient (Wildman–Crippen LogP) is 2.46. The van der Waals surface area contributed by atoms with Gasteiger partial charge in [0.15, 0.2) is 5.16 Å². The summed E-state index contributed by atoms with van der Waals surface area (Å²) in [6.07, 6.45) is 0.803. The van der Waals surface area contributed by atoms with E-state index in [2.05, 4.69) is 15.4 Å². The van der Waals surface area contributed by atoms with Gasteiger partial charge in [-0.2, -0.15) is 5.10 Å². The van der Waals surface area contributed by atoms with Crippen molar-refractivity contribution in [1.29, 1.82) is 0 Å². The Labute approximate surface area is 195 Å². The third-order valence-electron chi connectivity index (χ3n) is 4.85. The number of aliphatic hydroxyl groups is 1. The average molecular weight is 474 g/mol. The lowest BCUT2D eigenvalue weighted by Gasteiger charge is -2.18. The molecule has 10 nitrogen and oxygen atoms in total. The number of benzene rings is 1. The van der Waals surface area contributed by atoms with Crippen LogP contribution in [0.4, 0.5) is 5.82 Å². The number of aliphatic hydroxyl groups excluding tert-OH is 1. The van der Waals surface area contributed by atoms with Gasteiger partial charge in [0, 0.05) is 12.1 Å². The van der Waals surface area contributed by atoms with E-state index in [1.54, 1.807) is 30.8 Å². The van der Waals surface area contributed by atoms with Crippen LogP contribution in [0.1, 0.15) is 44.1 Å². The van der Waals surface area contributed by atoms with Crippen LogP contribution in [0.2, 0.25) is 0 Å². The van der Waals surface area contributed by atoms with Gasteiger partial charge in [0.25, 0.3) is 5.56 Å². The molecular formula is C22H27N5O5S. The number of amides is 1. The maximum absolute atomic E-state index is 13.1. The van der Waals surface area contributed by atoms with E-state index in [0.29, 0.717) is 16.7 Å². The summed E-state index contributed by atoms with van der Waals surface area (Å²) in [5.74, 6) is -0.266. The summed E-state index contributed by atoms with van der Waals surface area (Å²) >= 11 is 1.09. The molecule has 0 fully saturated rings. The number of ether oxygens (including phenoxy) is 1. The number of fused-ring (bicyclic) bond motifs is 1. The Morgan fingerprint density at radius 3 is 2.58 bits per heavy atom.